The topological polar surface area (TPSA) is 38.3 Å². The van der Waals surface area contributed by atoms with E-state index in [0.29, 0.717) is 5.88 Å². The SMILES string of the molecule is C=C(N[C@H](C(=O)C(C)(C)C)[C@@H](C)CC)OC. The van der Waals surface area contributed by atoms with E-state index in [-0.39, 0.29) is 23.2 Å². The Morgan fingerprint density at radius 2 is 1.94 bits per heavy atom. The lowest BCUT2D eigenvalue weighted by Gasteiger charge is -2.30. The maximum absolute atomic E-state index is 12.3. The number of methoxy groups -OCH3 is 1. The predicted octanol–water partition coefficient (Wildman–Crippen LogP) is 2.72. The second kappa shape index (κ2) is 5.92. The third-order valence-corrected chi connectivity index (χ3v) is 2.80. The Labute approximate surface area is 99.3 Å². The summed E-state index contributed by atoms with van der Waals surface area (Å²) in [6.45, 7) is 13.6. The molecule has 0 fully saturated rings. The lowest BCUT2D eigenvalue weighted by Crippen LogP contribution is -2.46. The van der Waals surface area contributed by atoms with Gasteiger partial charge >= 0.3 is 0 Å². The molecule has 0 bridgehead atoms. The summed E-state index contributed by atoms with van der Waals surface area (Å²) in [6.07, 6.45) is 0.941. The highest BCUT2D eigenvalue weighted by atomic mass is 16.5. The van der Waals surface area contributed by atoms with Gasteiger partial charge in [0.15, 0.2) is 11.7 Å². The normalized spacial score (nSPS) is 15.1. The van der Waals surface area contributed by atoms with Crippen molar-refractivity contribution >= 4 is 5.78 Å². The van der Waals surface area contributed by atoms with Gasteiger partial charge in [-0.1, -0.05) is 41.0 Å². The molecule has 16 heavy (non-hydrogen) atoms. The van der Waals surface area contributed by atoms with E-state index in [9.17, 15) is 4.79 Å². The minimum absolute atomic E-state index is 0.194. The molecule has 0 aliphatic heterocycles. The first-order valence-corrected chi connectivity index (χ1v) is 5.77. The van der Waals surface area contributed by atoms with Crippen molar-refractivity contribution in [3.63, 3.8) is 0 Å². The quantitative estimate of drug-likeness (QED) is 0.709. The molecule has 1 N–H and O–H groups in total. The summed E-state index contributed by atoms with van der Waals surface area (Å²) in [5.41, 5.74) is -0.352. The highest BCUT2D eigenvalue weighted by Gasteiger charge is 2.32. The first kappa shape index (κ1) is 15.0. The van der Waals surface area contributed by atoms with E-state index in [1.807, 2.05) is 20.8 Å². The van der Waals surface area contributed by atoms with E-state index in [1.165, 1.54) is 0 Å². The highest BCUT2D eigenvalue weighted by Crippen LogP contribution is 2.22. The molecule has 0 aromatic heterocycles. The summed E-state index contributed by atoms with van der Waals surface area (Å²) >= 11 is 0. The zero-order valence-corrected chi connectivity index (χ0v) is 11.4. The zero-order valence-electron chi connectivity index (χ0n) is 11.4. The number of carbonyl (C=O) groups excluding carboxylic acids is 1. The minimum Gasteiger partial charge on any atom is -0.483 e. The Balaban J connectivity index is 4.81. The molecule has 0 amide bonds. The van der Waals surface area contributed by atoms with Crippen molar-refractivity contribution in [1.82, 2.24) is 5.32 Å². The summed E-state index contributed by atoms with van der Waals surface area (Å²) in [6, 6.07) is -0.225. The molecule has 0 aliphatic rings. The van der Waals surface area contributed by atoms with Crippen LogP contribution in [0, 0.1) is 11.3 Å². The summed E-state index contributed by atoms with van der Waals surface area (Å²) in [5.74, 6) is 0.904. The monoisotopic (exact) mass is 227 g/mol. The van der Waals surface area contributed by atoms with Gasteiger partial charge in [-0.15, -0.1) is 0 Å². The van der Waals surface area contributed by atoms with Crippen LogP contribution in [0.4, 0.5) is 0 Å². The minimum atomic E-state index is -0.352. The van der Waals surface area contributed by atoms with E-state index in [1.54, 1.807) is 7.11 Å². The van der Waals surface area contributed by atoms with Crippen molar-refractivity contribution in [2.45, 2.75) is 47.1 Å². The van der Waals surface area contributed by atoms with Crippen LogP contribution in [0.15, 0.2) is 12.5 Å². The molecule has 0 heterocycles. The molecular formula is C13H25NO2. The van der Waals surface area contributed by atoms with Crippen molar-refractivity contribution in [2.75, 3.05) is 7.11 Å². The fraction of sp³-hybridized carbons (Fsp3) is 0.769. The van der Waals surface area contributed by atoms with E-state index < -0.39 is 0 Å². The third-order valence-electron chi connectivity index (χ3n) is 2.80. The molecule has 3 heteroatoms. The van der Waals surface area contributed by atoms with Crippen LogP contribution in [0.2, 0.25) is 0 Å². The maximum Gasteiger partial charge on any atom is 0.179 e. The number of carbonyl (C=O) groups is 1. The lowest BCUT2D eigenvalue weighted by atomic mass is 9.81. The molecule has 0 rings (SSSR count). The van der Waals surface area contributed by atoms with Gasteiger partial charge in [0.1, 0.15) is 0 Å². The molecule has 0 radical (unpaired) electrons. The average molecular weight is 227 g/mol. The van der Waals surface area contributed by atoms with Crippen molar-refractivity contribution in [3.8, 4) is 0 Å². The van der Waals surface area contributed by atoms with Gasteiger partial charge in [-0.3, -0.25) is 4.79 Å². The van der Waals surface area contributed by atoms with Crippen LogP contribution >= 0.6 is 0 Å². The molecule has 0 spiro atoms. The largest absolute Gasteiger partial charge is 0.483 e. The molecule has 0 unspecified atom stereocenters. The van der Waals surface area contributed by atoms with Crippen LogP contribution in [0.1, 0.15) is 41.0 Å². The second-order valence-corrected chi connectivity index (χ2v) is 5.25. The third kappa shape index (κ3) is 4.25. The summed E-state index contributed by atoms with van der Waals surface area (Å²) in [7, 11) is 1.55. The number of hydrogen-bond acceptors (Lipinski definition) is 3. The molecule has 3 nitrogen and oxygen atoms in total. The standard InChI is InChI=1S/C13H25NO2/c1-8-9(2)11(14-10(3)16-7)12(15)13(4,5)6/h9,11,14H,3,8H2,1-2,4-7H3/t9-,11-/m0/s1. The number of hydrogen-bond donors (Lipinski definition) is 1. The number of rotatable bonds is 6. The number of ether oxygens (including phenoxy) is 1. The first-order chi connectivity index (χ1) is 7.23. The van der Waals surface area contributed by atoms with Gasteiger partial charge in [-0.05, 0) is 12.5 Å². The predicted molar refractivity (Wildman–Crippen MR) is 67.0 cm³/mol. The van der Waals surface area contributed by atoms with E-state index in [2.05, 4.69) is 25.7 Å². The van der Waals surface area contributed by atoms with Crippen LogP contribution < -0.4 is 5.32 Å². The number of nitrogens with one attached hydrogen (secondary N) is 1. The van der Waals surface area contributed by atoms with Crippen LogP contribution in [0.3, 0.4) is 0 Å². The van der Waals surface area contributed by atoms with Crippen molar-refractivity contribution < 1.29 is 9.53 Å². The van der Waals surface area contributed by atoms with Crippen LogP contribution in [-0.2, 0) is 9.53 Å². The number of Topliss-reactive ketones (excluding diaryl/α,β-unsaturated/α-hetero) is 1. The van der Waals surface area contributed by atoms with Crippen LogP contribution in [-0.4, -0.2) is 18.9 Å². The summed E-state index contributed by atoms with van der Waals surface area (Å²) in [4.78, 5) is 12.3. The number of ketones is 1. The van der Waals surface area contributed by atoms with E-state index in [0.717, 1.165) is 6.42 Å². The molecule has 0 aromatic rings. The Kier molecular flexibility index (Phi) is 5.56. The molecule has 0 saturated carbocycles. The van der Waals surface area contributed by atoms with Crippen molar-refractivity contribution in [3.05, 3.63) is 12.5 Å². The fourth-order valence-corrected chi connectivity index (χ4v) is 1.40. The molecule has 94 valence electrons. The van der Waals surface area contributed by atoms with E-state index in [4.69, 9.17) is 4.74 Å². The van der Waals surface area contributed by atoms with Gasteiger partial charge in [0.2, 0.25) is 0 Å². The van der Waals surface area contributed by atoms with Crippen molar-refractivity contribution in [1.29, 1.82) is 0 Å². The molecule has 2 atom stereocenters. The van der Waals surface area contributed by atoms with E-state index >= 15 is 0 Å². The Hall–Kier alpha value is -0.990. The average Bonchev–Trinajstić information content (AvgIpc) is 2.22. The maximum atomic E-state index is 12.3. The smallest absolute Gasteiger partial charge is 0.179 e. The highest BCUT2D eigenvalue weighted by molar-refractivity contribution is 5.89. The Bertz CT molecular complexity index is 253. The molecule has 0 saturated heterocycles. The van der Waals surface area contributed by atoms with Gasteiger partial charge in [0.05, 0.1) is 13.2 Å². The Morgan fingerprint density at radius 3 is 2.25 bits per heavy atom. The lowest BCUT2D eigenvalue weighted by molar-refractivity contribution is -0.129. The van der Waals surface area contributed by atoms with Gasteiger partial charge < -0.3 is 10.1 Å². The van der Waals surface area contributed by atoms with Gasteiger partial charge in [-0.2, -0.15) is 0 Å². The van der Waals surface area contributed by atoms with Gasteiger partial charge in [0, 0.05) is 5.41 Å². The van der Waals surface area contributed by atoms with Crippen LogP contribution in [0.5, 0.6) is 0 Å². The van der Waals surface area contributed by atoms with Gasteiger partial charge in [0.25, 0.3) is 0 Å². The first-order valence-electron chi connectivity index (χ1n) is 5.77. The zero-order chi connectivity index (χ0) is 12.9. The van der Waals surface area contributed by atoms with Gasteiger partial charge in [-0.25, -0.2) is 0 Å². The second-order valence-electron chi connectivity index (χ2n) is 5.25. The fourth-order valence-electron chi connectivity index (χ4n) is 1.40. The molecular weight excluding hydrogens is 202 g/mol. The molecule has 0 aromatic carbocycles. The van der Waals surface area contributed by atoms with Crippen LogP contribution in [0.25, 0.3) is 0 Å². The van der Waals surface area contributed by atoms with Crippen molar-refractivity contribution in [2.24, 2.45) is 11.3 Å². The Morgan fingerprint density at radius 1 is 1.44 bits per heavy atom. The summed E-state index contributed by atoms with van der Waals surface area (Å²) in [5, 5.41) is 3.06. The summed E-state index contributed by atoms with van der Waals surface area (Å²) < 4.78 is 4.98. The molecule has 0 aliphatic carbocycles.